The number of hydrogen-bond donors (Lipinski definition) is 1. The van der Waals surface area contributed by atoms with E-state index in [1.165, 1.54) is 23.5 Å². The minimum atomic E-state index is -3.85. The zero-order chi connectivity index (χ0) is 22.3. The van der Waals surface area contributed by atoms with Gasteiger partial charge in [-0.2, -0.15) is 0 Å². The Morgan fingerprint density at radius 2 is 1.71 bits per heavy atom. The van der Waals surface area contributed by atoms with Gasteiger partial charge in [0.25, 0.3) is 0 Å². The summed E-state index contributed by atoms with van der Waals surface area (Å²) < 4.78 is 23.6. The van der Waals surface area contributed by atoms with Crippen molar-refractivity contribution >= 4 is 33.3 Å². The summed E-state index contributed by atoms with van der Waals surface area (Å²) in [7, 11) is -3.85. The molecule has 3 rings (SSSR count). The lowest BCUT2D eigenvalue weighted by molar-refractivity contribution is 0.0978. The average molecular weight is 462 g/mol. The highest BCUT2D eigenvalue weighted by Gasteiger charge is 2.18. The Kier molecular flexibility index (Phi) is 8.54. The Bertz CT molecular complexity index is 973. The van der Waals surface area contributed by atoms with Gasteiger partial charge in [0.1, 0.15) is 0 Å². The van der Waals surface area contributed by atoms with E-state index in [0.717, 1.165) is 52.0 Å². The Morgan fingerprint density at radius 3 is 2.35 bits per heavy atom. The van der Waals surface area contributed by atoms with E-state index in [-0.39, 0.29) is 10.7 Å². The predicted octanol–water partition coefficient (Wildman–Crippen LogP) is 3.62. The first-order valence-corrected chi connectivity index (χ1v) is 13.4. The number of benzene rings is 2. The molecule has 0 atom stereocenters. The molecule has 1 heterocycles. The summed E-state index contributed by atoms with van der Waals surface area (Å²) in [4.78, 5) is 18.0. The van der Waals surface area contributed by atoms with E-state index in [0.29, 0.717) is 16.9 Å². The van der Waals surface area contributed by atoms with E-state index in [4.69, 9.17) is 5.14 Å². The first-order valence-electron chi connectivity index (χ1n) is 10.6. The molecule has 0 unspecified atom stereocenters. The summed E-state index contributed by atoms with van der Waals surface area (Å²) in [5.41, 5.74) is 1.70. The number of ketones is 1. The van der Waals surface area contributed by atoms with Crippen molar-refractivity contribution in [3.05, 3.63) is 54.1 Å². The normalized spacial score (nSPS) is 15.2. The molecule has 0 amide bonds. The fraction of sp³-hybridized carbons (Fsp3) is 0.435. The number of carbonyl (C=O) groups excluding carboxylic acids is 1. The van der Waals surface area contributed by atoms with Crippen molar-refractivity contribution in [2.24, 2.45) is 5.14 Å². The summed E-state index contributed by atoms with van der Waals surface area (Å²) >= 11 is 1.30. The van der Waals surface area contributed by atoms with E-state index in [1.54, 1.807) is 18.4 Å². The Hall–Kier alpha value is -1.87. The van der Waals surface area contributed by atoms with E-state index in [2.05, 4.69) is 34.1 Å². The van der Waals surface area contributed by atoms with Crippen molar-refractivity contribution in [1.82, 2.24) is 4.90 Å². The molecular formula is C23H31N3O3S2. The fourth-order valence-electron chi connectivity index (χ4n) is 3.88. The highest BCUT2D eigenvalue weighted by molar-refractivity contribution is 7.99. The molecule has 1 fully saturated rings. The number of unbranched alkanes of at least 4 members (excludes halogenated alkanes) is 2. The first-order chi connectivity index (χ1) is 14.9. The van der Waals surface area contributed by atoms with Crippen LogP contribution in [-0.4, -0.2) is 58.1 Å². The van der Waals surface area contributed by atoms with Gasteiger partial charge in [-0.1, -0.05) is 30.7 Å². The third kappa shape index (κ3) is 6.80. The van der Waals surface area contributed by atoms with E-state index in [9.17, 15) is 13.2 Å². The number of anilines is 1. The quantitative estimate of drug-likeness (QED) is 0.331. The maximum atomic E-state index is 12.5. The molecular weight excluding hydrogens is 430 g/mol. The molecule has 2 aromatic carbocycles. The van der Waals surface area contributed by atoms with Crippen molar-refractivity contribution in [3.8, 4) is 0 Å². The van der Waals surface area contributed by atoms with Crippen molar-refractivity contribution < 1.29 is 13.2 Å². The second kappa shape index (κ2) is 11.1. The minimum Gasteiger partial charge on any atom is -0.369 e. The van der Waals surface area contributed by atoms with E-state index >= 15 is 0 Å². The number of carbonyl (C=O) groups is 1. The summed E-state index contributed by atoms with van der Waals surface area (Å²) in [5, 5.41) is 5.29. The molecule has 0 aromatic heterocycles. The highest BCUT2D eigenvalue weighted by Crippen LogP contribution is 2.25. The number of nitrogens with two attached hydrogens (primary N) is 1. The number of hydrogen-bond acceptors (Lipinski definition) is 6. The second-order valence-electron chi connectivity index (χ2n) is 7.81. The molecule has 0 saturated carbocycles. The van der Waals surface area contributed by atoms with Crippen LogP contribution >= 0.6 is 11.8 Å². The molecule has 1 aliphatic heterocycles. The number of sulfonamides is 1. The Morgan fingerprint density at radius 1 is 1.00 bits per heavy atom. The maximum Gasteiger partial charge on any atom is 0.239 e. The fourth-order valence-corrected chi connectivity index (χ4v) is 5.59. The summed E-state index contributed by atoms with van der Waals surface area (Å²) in [6.07, 6.45) is 5.05. The number of nitrogens with zero attached hydrogens (tertiary/aromatic N) is 2. The Balaban J connectivity index is 1.38. The lowest BCUT2D eigenvalue weighted by atomic mass is 10.0. The van der Waals surface area contributed by atoms with Crippen LogP contribution in [0.15, 0.2) is 58.3 Å². The molecule has 0 radical (unpaired) electrons. The number of piperazine rings is 1. The van der Waals surface area contributed by atoms with Gasteiger partial charge in [-0.15, -0.1) is 11.8 Å². The van der Waals surface area contributed by atoms with Crippen LogP contribution in [0.2, 0.25) is 0 Å². The molecule has 1 saturated heterocycles. The zero-order valence-electron chi connectivity index (χ0n) is 18.0. The molecule has 0 aliphatic carbocycles. The van der Waals surface area contributed by atoms with Crippen molar-refractivity contribution in [1.29, 1.82) is 0 Å². The van der Waals surface area contributed by atoms with Crippen LogP contribution in [0.25, 0.3) is 0 Å². The number of rotatable bonds is 10. The Labute approximate surface area is 189 Å². The first kappa shape index (κ1) is 23.8. The van der Waals surface area contributed by atoms with E-state index < -0.39 is 10.0 Å². The van der Waals surface area contributed by atoms with Crippen molar-refractivity contribution in [3.63, 3.8) is 0 Å². The van der Waals surface area contributed by atoms with Crippen LogP contribution in [0.5, 0.6) is 0 Å². The highest BCUT2D eigenvalue weighted by atomic mass is 32.2. The number of para-hydroxylation sites is 1. The van der Waals surface area contributed by atoms with Gasteiger partial charge in [0.2, 0.25) is 10.0 Å². The van der Waals surface area contributed by atoms with Crippen LogP contribution in [-0.2, 0) is 10.0 Å². The van der Waals surface area contributed by atoms with Gasteiger partial charge in [0, 0.05) is 48.7 Å². The van der Waals surface area contributed by atoms with Gasteiger partial charge < -0.3 is 4.90 Å². The van der Waals surface area contributed by atoms with E-state index in [1.807, 2.05) is 6.07 Å². The molecule has 168 valence electrons. The zero-order valence-corrected chi connectivity index (χ0v) is 19.6. The van der Waals surface area contributed by atoms with Crippen molar-refractivity contribution in [2.75, 3.05) is 43.9 Å². The van der Waals surface area contributed by atoms with Crippen LogP contribution in [0.3, 0.4) is 0 Å². The van der Waals surface area contributed by atoms with Crippen molar-refractivity contribution in [2.45, 2.75) is 35.5 Å². The molecule has 0 spiro atoms. The third-order valence-electron chi connectivity index (χ3n) is 5.66. The molecule has 6 nitrogen and oxygen atoms in total. The standard InChI is InChI=1S/C23H31N3O3S2/c1-30-22-12-11-19(18-23(22)31(24,28)29)21(27)10-6-3-7-13-25-14-16-26(17-15-25)20-8-4-2-5-9-20/h2,4-5,8-9,11-12,18H,3,6-7,10,13-17H2,1H3,(H2,24,28,29). The van der Waals surface area contributed by atoms with Gasteiger partial charge >= 0.3 is 0 Å². The third-order valence-corrected chi connectivity index (χ3v) is 7.54. The van der Waals surface area contributed by atoms with Gasteiger partial charge in [-0.05, 0) is 49.9 Å². The average Bonchev–Trinajstić information content (AvgIpc) is 2.78. The molecule has 8 heteroatoms. The smallest absolute Gasteiger partial charge is 0.239 e. The van der Waals surface area contributed by atoms with Crippen LogP contribution < -0.4 is 10.0 Å². The second-order valence-corrected chi connectivity index (χ2v) is 10.2. The van der Waals surface area contributed by atoms with Crippen LogP contribution in [0, 0.1) is 0 Å². The monoisotopic (exact) mass is 461 g/mol. The minimum absolute atomic E-state index is 0.0282. The predicted molar refractivity (Wildman–Crippen MR) is 127 cm³/mol. The summed E-state index contributed by atoms with van der Waals surface area (Å²) in [5.74, 6) is -0.0333. The molecule has 31 heavy (non-hydrogen) atoms. The molecule has 2 N–H and O–H groups in total. The van der Waals surface area contributed by atoms with Crippen LogP contribution in [0.4, 0.5) is 5.69 Å². The van der Waals surface area contributed by atoms with Crippen LogP contribution in [0.1, 0.15) is 36.0 Å². The molecule has 0 bridgehead atoms. The van der Waals surface area contributed by atoms with Gasteiger partial charge in [0.15, 0.2) is 5.78 Å². The van der Waals surface area contributed by atoms with Gasteiger partial charge in [-0.3, -0.25) is 9.69 Å². The topological polar surface area (TPSA) is 83.7 Å². The summed E-state index contributed by atoms with van der Waals surface area (Å²) in [6, 6.07) is 15.3. The number of thioether (sulfide) groups is 1. The SMILES string of the molecule is CSc1ccc(C(=O)CCCCCN2CCN(c3ccccc3)CC2)cc1S(N)(=O)=O. The largest absolute Gasteiger partial charge is 0.369 e. The maximum absolute atomic E-state index is 12.5. The summed E-state index contributed by atoms with van der Waals surface area (Å²) in [6.45, 7) is 5.26. The lowest BCUT2D eigenvalue weighted by Gasteiger charge is -2.36. The van der Waals surface area contributed by atoms with Gasteiger partial charge in [0.05, 0.1) is 4.90 Å². The number of primary sulfonamides is 1. The number of Topliss-reactive ketones (excluding diaryl/α,β-unsaturated/α-hetero) is 1. The molecule has 2 aromatic rings. The van der Waals surface area contributed by atoms with Gasteiger partial charge in [-0.25, -0.2) is 13.6 Å². The lowest BCUT2D eigenvalue weighted by Crippen LogP contribution is -2.46. The molecule has 1 aliphatic rings.